The largest absolute Gasteiger partial charge is 0.381 e. The molecule has 0 radical (unpaired) electrons. The van der Waals surface area contributed by atoms with Crippen LogP contribution < -0.4 is 0 Å². The van der Waals surface area contributed by atoms with Gasteiger partial charge in [0.1, 0.15) is 0 Å². The topological polar surface area (TPSA) is 29.5 Å². The van der Waals surface area contributed by atoms with Gasteiger partial charge in [-0.1, -0.05) is 37.6 Å². The third-order valence-electron chi connectivity index (χ3n) is 3.65. The van der Waals surface area contributed by atoms with Crippen molar-refractivity contribution >= 4 is 6.41 Å². The molecule has 1 heterocycles. The molecule has 1 fully saturated rings. The second-order valence-corrected chi connectivity index (χ2v) is 5.05. The molecule has 112 valence electrons. The molecule has 0 aromatic heterocycles. The standard InChI is InChI=1S/C15H21NO2.C2H6/c1-12-3-4-13(2)14(9-12)10-16(11-17)15-5-7-18-8-6-15;1-2/h3-4,9,11,15H,5-8,10H2,1-2H3;1-2H3. The van der Waals surface area contributed by atoms with Gasteiger partial charge in [-0.25, -0.2) is 0 Å². The number of ether oxygens (including phenoxy) is 1. The zero-order valence-corrected chi connectivity index (χ0v) is 13.2. The van der Waals surface area contributed by atoms with Crippen LogP contribution in [0.4, 0.5) is 0 Å². The predicted octanol–water partition coefficient (Wildman–Crippen LogP) is 3.47. The molecule has 0 unspecified atom stereocenters. The molecule has 20 heavy (non-hydrogen) atoms. The highest BCUT2D eigenvalue weighted by molar-refractivity contribution is 5.48. The van der Waals surface area contributed by atoms with E-state index in [0.717, 1.165) is 32.5 Å². The van der Waals surface area contributed by atoms with E-state index in [0.29, 0.717) is 12.6 Å². The molecule has 0 aliphatic carbocycles. The van der Waals surface area contributed by atoms with E-state index in [1.807, 2.05) is 18.7 Å². The van der Waals surface area contributed by atoms with Crippen molar-refractivity contribution in [1.29, 1.82) is 0 Å². The van der Waals surface area contributed by atoms with E-state index in [1.54, 1.807) is 0 Å². The molecule has 1 saturated heterocycles. The fourth-order valence-corrected chi connectivity index (χ4v) is 2.44. The van der Waals surface area contributed by atoms with Gasteiger partial charge in [0.05, 0.1) is 0 Å². The fourth-order valence-electron chi connectivity index (χ4n) is 2.44. The molecule has 1 aliphatic heterocycles. The van der Waals surface area contributed by atoms with Gasteiger partial charge in [0.15, 0.2) is 0 Å². The maximum Gasteiger partial charge on any atom is 0.210 e. The Morgan fingerprint density at radius 1 is 1.25 bits per heavy atom. The number of nitrogens with zero attached hydrogens (tertiary/aromatic N) is 1. The summed E-state index contributed by atoms with van der Waals surface area (Å²) in [5, 5.41) is 0. The Morgan fingerprint density at radius 3 is 2.50 bits per heavy atom. The van der Waals surface area contributed by atoms with Gasteiger partial charge >= 0.3 is 0 Å². The van der Waals surface area contributed by atoms with Crippen molar-refractivity contribution in [2.75, 3.05) is 13.2 Å². The van der Waals surface area contributed by atoms with E-state index >= 15 is 0 Å². The number of hydrogen-bond donors (Lipinski definition) is 0. The van der Waals surface area contributed by atoms with E-state index in [9.17, 15) is 4.79 Å². The first-order valence-electron chi connectivity index (χ1n) is 7.55. The number of carbonyl (C=O) groups is 1. The highest BCUT2D eigenvalue weighted by Crippen LogP contribution is 2.18. The Labute approximate surface area is 122 Å². The van der Waals surface area contributed by atoms with Gasteiger partial charge in [-0.2, -0.15) is 0 Å². The summed E-state index contributed by atoms with van der Waals surface area (Å²) in [6, 6.07) is 6.73. The Balaban J connectivity index is 0.000000956. The van der Waals surface area contributed by atoms with Gasteiger partial charge in [0.25, 0.3) is 0 Å². The number of benzene rings is 1. The van der Waals surface area contributed by atoms with Gasteiger partial charge in [0.2, 0.25) is 6.41 Å². The summed E-state index contributed by atoms with van der Waals surface area (Å²) in [7, 11) is 0. The SMILES string of the molecule is CC.Cc1ccc(C)c(CN(C=O)C2CCOCC2)c1. The van der Waals surface area contributed by atoms with E-state index in [4.69, 9.17) is 4.74 Å². The highest BCUT2D eigenvalue weighted by atomic mass is 16.5. The van der Waals surface area contributed by atoms with Crippen LogP contribution in [0.3, 0.4) is 0 Å². The van der Waals surface area contributed by atoms with Crippen molar-refractivity contribution in [1.82, 2.24) is 4.90 Å². The molecule has 3 heteroatoms. The summed E-state index contributed by atoms with van der Waals surface area (Å²) >= 11 is 0. The number of rotatable bonds is 4. The molecule has 2 rings (SSSR count). The summed E-state index contributed by atoms with van der Waals surface area (Å²) < 4.78 is 5.34. The Kier molecular flexibility index (Phi) is 7.31. The number of amides is 1. The maximum atomic E-state index is 11.3. The molecule has 0 atom stereocenters. The van der Waals surface area contributed by atoms with Crippen LogP contribution >= 0.6 is 0 Å². The number of carbonyl (C=O) groups excluding carboxylic acids is 1. The molecule has 0 spiro atoms. The third kappa shape index (κ3) is 4.64. The van der Waals surface area contributed by atoms with Gasteiger partial charge in [-0.3, -0.25) is 4.79 Å². The summed E-state index contributed by atoms with van der Waals surface area (Å²) in [5.41, 5.74) is 3.74. The minimum atomic E-state index is 0.330. The van der Waals surface area contributed by atoms with Crippen LogP contribution in [0.5, 0.6) is 0 Å². The van der Waals surface area contributed by atoms with Crippen LogP contribution in [0.15, 0.2) is 18.2 Å². The fraction of sp³-hybridized carbons (Fsp3) is 0.588. The van der Waals surface area contributed by atoms with Crippen LogP contribution in [0.1, 0.15) is 43.4 Å². The van der Waals surface area contributed by atoms with Crippen LogP contribution in [0, 0.1) is 13.8 Å². The lowest BCUT2D eigenvalue weighted by Crippen LogP contribution is -2.38. The molecular weight excluding hydrogens is 250 g/mol. The predicted molar refractivity (Wildman–Crippen MR) is 82.7 cm³/mol. The Bertz CT molecular complexity index is 411. The Morgan fingerprint density at radius 2 is 1.90 bits per heavy atom. The second kappa shape index (κ2) is 8.75. The van der Waals surface area contributed by atoms with Crippen LogP contribution in [-0.4, -0.2) is 30.6 Å². The van der Waals surface area contributed by atoms with E-state index in [-0.39, 0.29) is 0 Å². The van der Waals surface area contributed by atoms with Gasteiger partial charge in [-0.05, 0) is 37.8 Å². The molecular formula is C17H27NO2. The number of aryl methyl sites for hydroxylation is 2. The third-order valence-corrected chi connectivity index (χ3v) is 3.65. The number of hydrogen-bond acceptors (Lipinski definition) is 2. The molecule has 1 aromatic carbocycles. The lowest BCUT2D eigenvalue weighted by Gasteiger charge is -2.31. The lowest BCUT2D eigenvalue weighted by atomic mass is 10.0. The van der Waals surface area contributed by atoms with E-state index in [1.165, 1.54) is 16.7 Å². The lowest BCUT2D eigenvalue weighted by molar-refractivity contribution is -0.122. The summed E-state index contributed by atoms with van der Waals surface area (Å²) in [6.07, 6.45) is 2.88. The van der Waals surface area contributed by atoms with Crippen LogP contribution in [-0.2, 0) is 16.1 Å². The van der Waals surface area contributed by atoms with Crippen molar-refractivity contribution in [3.8, 4) is 0 Å². The molecule has 3 nitrogen and oxygen atoms in total. The van der Waals surface area contributed by atoms with Gasteiger partial charge in [0, 0.05) is 25.8 Å². The zero-order chi connectivity index (χ0) is 15.0. The highest BCUT2D eigenvalue weighted by Gasteiger charge is 2.20. The van der Waals surface area contributed by atoms with Crippen molar-refractivity contribution in [2.45, 2.75) is 53.1 Å². The molecule has 0 N–H and O–H groups in total. The first-order chi connectivity index (χ1) is 9.70. The summed E-state index contributed by atoms with van der Waals surface area (Å²) in [5.74, 6) is 0. The minimum Gasteiger partial charge on any atom is -0.381 e. The van der Waals surface area contributed by atoms with Gasteiger partial charge in [-0.15, -0.1) is 0 Å². The molecule has 1 aliphatic rings. The van der Waals surface area contributed by atoms with Crippen molar-refractivity contribution in [2.24, 2.45) is 0 Å². The Hall–Kier alpha value is -1.35. The first kappa shape index (κ1) is 16.7. The molecule has 0 saturated carbocycles. The van der Waals surface area contributed by atoms with E-state index in [2.05, 4.69) is 32.0 Å². The van der Waals surface area contributed by atoms with E-state index < -0.39 is 0 Å². The second-order valence-electron chi connectivity index (χ2n) is 5.05. The molecule has 0 bridgehead atoms. The quantitative estimate of drug-likeness (QED) is 0.789. The van der Waals surface area contributed by atoms with Crippen molar-refractivity contribution < 1.29 is 9.53 Å². The van der Waals surface area contributed by atoms with Crippen molar-refractivity contribution in [3.63, 3.8) is 0 Å². The average Bonchev–Trinajstić information content (AvgIpc) is 2.51. The van der Waals surface area contributed by atoms with Crippen LogP contribution in [0.2, 0.25) is 0 Å². The zero-order valence-electron chi connectivity index (χ0n) is 13.2. The molecule has 1 amide bonds. The summed E-state index contributed by atoms with van der Waals surface area (Å²) in [4.78, 5) is 13.2. The molecule has 1 aromatic rings. The van der Waals surface area contributed by atoms with Crippen LogP contribution in [0.25, 0.3) is 0 Å². The first-order valence-corrected chi connectivity index (χ1v) is 7.55. The normalized spacial score (nSPS) is 15.2. The smallest absolute Gasteiger partial charge is 0.210 e. The summed E-state index contributed by atoms with van der Waals surface area (Å²) in [6.45, 7) is 10.4. The maximum absolute atomic E-state index is 11.3. The average molecular weight is 277 g/mol. The monoisotopic (exact) mass is 277 g/mol. The van der Waals surface area contributed by atoms with Gasteiger partial charge < -0.3 is 9.64 Å². The van der Waals surface area contributed by atoms with Crippen molar-refractivity contribution in [3.05, 3.63) is 34.9 Å². The minimum absolute atomic E-state index is 0.330.